The largest absolute Gasteiger partial charge is 0.573 e. The van der Waals surface area contributed by atoms with Crippen molar-refractivity contribution in [2.45, 2.75) is 12.9 Å². The summed E-state index contributed by atoms with van der Waals surface area (Å²) >= 11 is 0. The van der Waals surface area contributed by atoms with Crippen molar-refractivity contribution < 1.29 is 22.6 Å². The van der Waals surface area contributed by atoms with Crippen molar-refractivity contribution >= 4 is 0 Å². The van der Waals surface area contributed by atoms with Gasteiger partial charge in [0.15, 0.2) is 0 Å². The van der Waals surface area contributed by atoms with Gasteiger partial charge in [-0.2, -0.15) is 0 Å². The van der Waals surface area contributed by atoms with Gasteiger partial charge in [-0.15, -0.1) is 13.2 Å². The second-order valence-corrected chi connectivity index (χ2v) is 4.31. The van der Waals surface area contributed by atoms with Gasteiger partial charge >= 0.3 is 6.36 Å². The molecule has 0 heterocycles. The summed E-state index contributed by atoms with van der Waals surface area (Å²) in [5.74, 6) is 0.332. The van der Waals surface area contributed by atoms with E-state index in [1.165, 1.54) is 19.2 Å². The second-order valence-electron chi connectivity index (χ2n) is 4.31. The third-order valence-corrected chi connectivity index (χ3v) is 2.92. The Bertz CT molecular complexity index is 627. The van der Waals surface area contributed by atoms with Gasteiger partial charge in [0.1, 0.15) is 11.5 Å². The number of hydrogen-bond donors (Lipinski definition) is 1. The van der Waals surface area contributed by atoms with E-state index in [0.717, 1.165) is 5.56 Å². The smallest absolute Gasteiger partial charge is 0.497 e. The van der Waals surface area contributed by atoms with Crippen molar-refractivity contribution in [1.82, 2.24) is 0 Å². The molecule has 0 bridgehead atoms. The fourth-order valence-corrected chi connectivity index (χ4v) is 1.93. The molecule has 0 aliphatic rings. The molecule has 112 valence electrons. The Morgan fingerprint density at radius 3 is 2.38 bits per heavy atom. The molecule has 0 saturated carbocycles. The highest BCUT2D eigenvalue weighted by Gasteiger charge is 2.32. The van der Waals surface area contributed by atoms with E-state index < -0.39 is 6.36 Å². The first-order valence-electron chi connectivity index (χ1n) is 6.16. The van der Waals surface area contributed by atoms with Crippen LogP contribution in [0, 0.1) is 0 Å². The second kappa shape index (κ2) is 6.05. The Morgan fingerprint density at radius 2 is 1.76 bits per heavy atom. The van der Waals surface area contributed by atoms with Crippen molar-refractivity contribution in [3.63, 3.8) is 0 Å². The summed E-state index contributed by atoms with van der Waals surface area (Å²) in [5, 5.41) is 0. The van der Waals surface area contributed by atoms with Gasteiger partial charge in [-0.3, -0.25) is 0 Å². The Morgan fingerprint density at radius 1 is 1.05 bits per heavy atom. The van der Waals surface area contributed by atoms with Gasteiger partial charge in [-0.25, -0.2) is 0 Å². The summed E-state index contributed by atoms with van der Waals surface area (Å²) in [7, 11) is 1.52. The first-order valence-corrected chi connectivity index (χ1v) is 6.16. The van der Waals surface area contributed by atoms with E-state index in [4.69, 9.17) is 10.5 Å². The van der Waals surface area contributed by atoms with Crippen LogP contribution in [0.1, 0.15) is 5.56 Å². The van der Waals surface area contributed by atoms with Crippen LogP contribution in [0.15, 0.2) is 42.5 Å². The van der Waals surface area contributed by atoms with E-state index in [1.54, 1.807) is 30.3 Å². The molecule has 0 unspecified atom stereocenters. The average Bonchev–Trinajstić information content (AvgIpc) is 2.45. The predicted molar refractivity (Wildman–Crippen MR) is 73.0 cm³/mol. The van der Waals surface area contributed by atoms with Crippen LogP contribution in [0.3, 0.4) is 0 Å². The molecule has 0 aliphatic heterocycles. The van der Waals surface area contributed by atoms with Gasteiger partial charge in [-0.1, -0.05) is 24.3 Å². The van der Waals surface area contributed by atoms with Crippen LogP contribution in [0.5, 0.6) is 11.5 Å². The van der Waals surface area contributed by atoms with Crippen LogP contribution in [0.2, 0.25) is 0 Å². The molecule has 3 nitrogen and oxygen atoms in total. The highest BCUT2D eigenvalue weighted by Crippen LogP contribution is 2.32. The maximum absolute atomic E-state index is 12.4. The molecule has 0 atom stereocenters. The summed E-state index contributed by atoms with van der Waals surface area (Å²) < 4.78 is 46.4. The number of halogens is 3. The summed E-state index contributed by atoms with van der Waals surface area (Å²) in [6.07, 6.45) is -4.75. The first-order chi connectivity index (χ1) is 9.93. The molecular formula is C15H14F3NO2. The maximum atomic E-state index is 12.4. The van der Waals surface area contributed by atoms with Crippen molar-refractivity contribution in [1.29, 1.82) is 0 Å². The highest BCUT2D eigenvalue weighted by molar-refractivity contribution is 5.67. The quantitative estimate of drug-likeness (QED) is 0.935. The van der Waals surface area contributed by atoms with E-state index in [1.807, 2.05) is 0 Å². The molecule has 0 saturated heterocycles. The van der Waals surface area contributed by atoms with Gasteiger partial charge in [0.05, 0.1) is 7.11 Å². The van der Waals surface area contributed by atoms with Crippen LogP contribution in [-0.4, -0.2) is 13.5 Å². The zero-order chi connectivity index (χ0) is 15.5. The van der Waals surface area contributed by atoms with Crippen LogP contribution in [0.4, 0.5) is 13.2 Å². The number of methoxy groups -OCH3 is 1. The summed E-state index contributed by atoms with van der Waals surface area (Å²) in [6, 6.07) is 11.6. The number of hydrogen-bond acceptors (Lipinski definition) is 3. The zero-order valence-corrected chi connectivity index (χ0v) is 11.3. The Kier molecular flexibility index (Phi) is 4.37. The average molecular weight is 297 g/mol. The summed E-state index contributed by atoms with van der Waals surface area (Å²) in [4.78, 5) is 0. The third kappa shape index (κ3) is 3.88. The Hall–Kier alpha value is -2.21. The number of benzene rings is 2. The molecule has 0 radical (unpaired) electrons. The van der Waals surface area contributed by atoms with Gasteiger partial charge in [-0.05, 0) is 29.3 Å². The lowest BCUT2D eigenvalue weighted by molar-refractivity contribution is -0.274. The van der Waals surface area contributed by atoms with E-state index >= 15 is 0 Å². The monoisotopic (exact) mass is 297 g/mol. The minimum Gasteiger partial charge on any atom is -0.497 e. The van der Waals surface area contributed by atoms with Gasteiger partial charge < -0.3 is 15.2 Å². The molecule has 0 amide bonds. The molecule has 6 heteroatoms. The molecule has 2 aromatic carbocycles. The molecule has 2 N–H and O–H groups in total. The maximum Gasteiger partial charge on any atom is 0.573 e. The minimum absolute atomic E-state index is 0.0379. The normalized spacial score (nSPS) is 11.3. The standard InChI is InChI=1S/C15H14F3NO2/c1-20-13-4-2-3-10(7-13)11-5-6-12(9-19)14(8-11)21-15(16,17)18/h2-8H,9,19H2,1H3. The molecular weight excluding hydrogens is 283 g/mol. The van der Waals surface area contributed by atoms with Crippen LogP contribution >= 0.6 is 0 Å². The lowest BCUT2D eigenvalue weighted by Crippen LogP contribution is -2.18. The molecule has 0 aliphatic carbocycles. The molecule has 2 aromatic rings. The lowest BCUT2D eigenvalue weighted by Gasteiger charge is -2.14. The number of rotatable bonds is 4. The predicted octanol–water partition coefficient (Wildman–Crippen LogP) is 3.72. The zero-order valence-electron chi connectivity index (χ0n) is 11.3. The molecule has 0 spiro atoms. The van der Waals surface area contributed by atoms with E-state index in [2.05, 4.69) is 4.74 Å². The van der Waals surface area contributed by atoms with E-state index in [-0.39, 0.29) is 12.3 Å². The fraction of sp³-hybridized carbons (Fsp3) is 0.200. The van der Waals surface area contributed by atoms with E-state index in [0.29, 0.717) is 16.9 Å². The number of nitrogens with two attached hydrogens (primary N) is 1. The van der Waals surface area contributed by atoms with Crippen molar-refractivity contribution in [2.24, 2.45) is 5.73 Å². The molecule has 0 aromatic heterocycles. The third-order valence-electron chi connectivity index (χ3n) is 2.92. The van der Waals surface area contributed by atoms with Gasteiger partial charge in [0.25, 0.3) is 0 Å². The van der Waals surface area contributed by atoms with Crippen molar-refractivity contribution in [2.75, 3.05) is 7.11 Å². The van der Waals surface area contributed by atoms with Gasteiger partial charge in [0.2, 0.25) is 0 Å². The SMILES string of the molecule is COc1cccc(-c2ccc(CN)c(OC(F)(F)F)c2)c1. The van der Waals surface area contributed by atoms with Crippen LogP contribution in [-0.2, 0) is 6.54 Å². The van der Waals surface area contributed by atoms with Crippen LogP contribution < -0.4 is 15.2 Å². The minimum atomic E-state index is -4.75. The molecule has 2 rings (SSSR count). The number of alkyl halides is 3. The summed E-state index contributed by atoms with van der Waals surface area (Å²) in [5.41, 5.74) is 7.04. The molecule has 21 heavy (non-hydrogen) atoms. The lowest BCUT2D eigenvalue weighted by atomic mass is 10.0. The van der Waals surface area contributed by atoms with Crippen molar-refractivity contribution in [3.8, 4) is 22.6 Å². The first kappa shape index (κ1) is 15.2. The topological polar surface area (TPSA) is 44.5 Å². The highest BCUT2D eigenvalue weighted by atomic mass is 19.4. The van der Waals surface area contributed by atoms with Crippen molar-refractivity contribution in [3.05, 3.63) is 48.0 Å². The van der Waals surface area contributed by atoms with Crippen LogP contribution in [0.25, 0.3) is 11.1 Å². The fourth-order valence-electron chi connectivity index (χ4n) is 1.93. The molecule has 0 fully saturated rings. The summed E-state index contributed by atoms with van der Waals surface area (Å²) in [6.45, 7) is -0.0379. The van der Waals surface area contributed by atoms with E-state index in [9.17, 15) is 13.2 Å². The Balaban J connectivity index is 2.43. The number of ether oxygens (including phenoxy) is 2. The van der Waals surface area contributed by atoms with Gasteiger partial charge in [0, 0.05) is 12.1 Å². The Labute approximate surface area is 120 Å².